The molecule has 1 fully saturated rings. The summed E-state index contributed by atoms with van der Waals surface area (Å²) in [6.07, 6.45) is 1.39. The summed E-state index contributed by atoms with van der Waals surface area (Å²) in [7, 11) is 0. The maximum Gasteiger partial charge on any atom is 0.408 e. The maximum atomic E-state index is 12.2. The van der Waals surface area contributed by atoms with Crippen molar-refractivity contribution < 1.29 is 18.7 Å². The minimum Gasteiger partial charge on any atom is -0.454 e. The van der Waals surface area contributed by atoms with Crippen molar-refractivity contribution in [1.82, 2.24) is 10.2 Å². The van der Waals surface area contributed by atoms with Crippen LogP contribution in [-0.4, -0.2) is 35.1 Å². The summed E-state index contributed by atoms with van der Waals surface area (Å²) < 4.78 is 10.2. The van der Waals surface area contributed by atoms with Gasteiger partial charge in [-0.1, -0.05) is 0 Å². The standard InChI is InChI=1S/C15H19N3O4/c1-15(2,3)22-14(20)17-12-4-5-18(13(12)19)8-10-6-11(7-16)21-9-10/h6,9,12H,4-5,8H2,1-3H3,(H,17,20). The Kier molecular flexibility index (Phi) is 4.40. The van der Waals surface area contributed by atoms with Crippen LogP contribution in [0.1, 0.15) is 38.5 Å². The summed E-state index contributed by atoms with van der Waals surface area (Å²) in [6.45, 7) is 6.19. The second kappa shape index (κ2) is 6.10. The molecule has 0 saturated carbocycles. The molecule has 1 N–H and O–H groups in total. The molecule has 2 rings (SSSR count). The van der Waals surface area contributed by atoms with Gasteiger partial charge in [0.1, 0.15) is 17.7 Å². The molecule has 1 atom stereocenters. The quantitative estimate of drug-likeness (QED) is 0.918. The molecule has 0 spiro atoms. The van der Waals surface area contributed by atoms with E-state index in [4.69, 9.17) is 14.4 Å². The van der Waals surface area contributed by atoms with E-state index in [2.05, 4.69) is 5.32 Å². The molecule has 2 amide bonds. The van der Waals surface area contributed by atoms with Gasteiger partial charge in [0.15, 0.2) is 0 Å². The first kappa shape index (κ1) is 15.9. The zero-order valence-electron chi connectivity index (χ0n) is 12.9. The minimum absolute atomic E-state index is 0.162. The molecule has 22 heavy (non-hydrogen) atoms. The molecule has 118 valence electrons. The summed E-state index contributed by atoms with van der Waals surface area (Å²) in [4.78, 5) is 25.6. The lowest BCUT2D eigenvalue weighted by Gasteiger charge is -2.21. The molecular formula is C15H19N3O4. The lowest BCUT2D eigenvalue weighted by Crippen LogP contribution is -2.43. The van der Waals surface area contributed by atoms with E-state index in [0.717, 1.165) is 5.56 Å². The zero-order chi connectivity index (χ0) is 16.3. The lowest BCUT2D eigenvalue weighted by molar-refractivity contribution is -0.129. The average Bonchev–Trinajstić information content (AvgIpc) is 2.98. The van der Waals surface area contributed by atoms with Gasteiger partial charge >= 0.3 is 6.09 Å². The highest BCUT2D eigenvalue weighted by Crippen LogP contribution is 2.17. The molecule has 1 aliphatic heterocycles. The smallest absolute Gasteiger partial charge is 0.408 e. The van der Waals surface area contributed by atoms with Crippen molar-refractivity contribution in [3.8, 4) is 6.07 Å². The fraction of sp³-hybridized carbons (Fsp3) is 0.533. The Morgan fingerprint density at radius 3 is 2.91 bits per heavy atom. The molecular weight excluding hydrogens is 286 g/mol. The third-order valence-electron chi connectivity index (χ3n) is 3.13. The predicted octanol–water partition coefficient (Wildman–Crippen LogP) is 1.78. The maximum absolute atomic E-state index is 12.2. The van der Waals surface area contributed by atoms with Gasteiger partial charge in [0, 0.05) is 18.7 Å². The van der Waals surface area contributed by atoms with Gasteiger partial charge in [-0.15, -0.1) is 0 Å². The minimum atomic E-state index is -0.601. The van der Waals surface area contributed by atoms with Crippen molar-refractivity contribution >= 4 is 12.0 Å². The summed E-state index contributed by atoms with van der Waals surface area (Å²) in [5.74, 6) is 0.0515. The van der Waals surface area contributed by atoms with E-state index in [1.54, 1.807) is 31.7 Å². The Bertz CT molecular complexity index is 609. The topological polar surface area (TPSA) is 95.6 Å². The van der Waals surface area contributed by atoms with Crippen molar-refractivity contribution in [2.75, 3.05) is 6.54 Å². The molecule has 0 aromatic carbocycles. The number of nitriles is 1. The zero-order valence-corrected chi connectivity index (χ0v) is 12.9. The summed E-state index contributed by atoms with van der Waals surface area (Å²) in [5, 5.41) is 11.3. The van der Waals surface area contributed by atoms with Crippen LogP contribution in [-0.2, 0) is 16.1 Å². The van der Waals surface area contributed by atoms with E-state index >= 15 is 0 Å². The normalized spacial score (nSPS) is 18.2. The van der Waals surface area contributed by atoms with Crippen LogP contribution < -0.4 is 5.32 Å². The molecule has 7 heteroatoms. The summed E-state index contributed by atoms with van der Waals surface area (Å²) in [6, 6.07) is 2.92. The van der Waals surface area contributed by atoms with Gasteiger partial charge in [0.05, 0.1) is 6.26 Å². The van der Waals surface area contributed by atoms with E-state index < -0.39 is 17.7 Å². The highest BCUT2D eigenvalue weighted by molar-refractivity contribution is 5.87. The van der Waals surface area contributed by atoms with Crippen LogP contribution in [0.4, 0.5) is 4.79 Å². The lowest BCUT2D eigenvalue weighted by atomic mass is 10.2. The SMILES string of the molecule is CC(C)(C)OC(=O)NC1CCN(Cc2coc(C#N)c2)C1=O. The van der Waals surface area contributed by atoms with Crippen LogP contribution in [0.15, 0.2) is 16.7 Å². The number of amides is 2. The number of alkyl carbamates (subject to hydrolysis) is 1. The third-order valence-corrected chi connectivity index (χ3v) is 3.13. The van der Waals surface area contributed by atoms with Crippen molar-refractivity contribution in [3.05, 3.63) is 23.7 Å². The fourth-order valence-electron chi connectivity index (χ4n) is 2.22. The van der Waals surface area contributed by atoms with Gasteiger partial charge in [-0.05, 0) is 33.3 Å². The van der Waals surface area contributed by atoms with E-state index in [1.807, 2.05) is 6.07 Å². The molecule has 2 heterocycles. The number of nitrogens with zero attached hydrogens (tertiary/aromatic N) is 2. The van der Waals surface area contributed by atoms with Crippen LogP contribution in [0, 0.1) is 11.3 Å². The fourth-order valence-corrected chi connectivity index (χ4v) is 2.22. The number of carbonyl (C=O) groups is 2. The highest BCUT2D eigenvalue weighted by atomic mass is 16.6. The van der Waals surface area contributed by atoms with E-state index in [0.29, 0.717) is 19.5 Å². The Hall–Kier alpha value is -2.49. The van der Waals surface area contributed by atoms with Crippen molar-refractivity contribution in [3.63, 3.8) is 0 Å². The predicted molar refractivity (Wildman–Crippen MR) is 76.6 cm³/mol. The number of hydrogen-bond donors (Lipinski definition) is 1. The molecule has 0 aliphatic carbocycles. The Morgan fingerprint density at radius 2 is 2.32 bits per heavy atom. The Labute approximate surface area is 128 Å². The first-order valence-corrected chi connectivity index (χ1v) is 7.04. The van der Waals surface area contributed by atoms with E-state index in [1.165, 1.54) is 6.26 Å². The molecule has 1 aromatic heterocycles. The van der Waals surface area contributed by atoms with Gasteiger partial charge in [-0.2, -0.15) is 5.26 Å². The van der Waals surface area contributed by atoms with Crippen LogP contribution in [0.25, 0.3) is 0 Å². The van der Waals surface area contributed by atoms with Crippen molar-refractivity contribution in [1.29, 1.82) is 5.26 Å². The van der Waals surface area contributed by atoms with Crippen molar-refractivity contribution in [2.45, 2.75) is 45.4 Å². The Balaban J connectivity index is 1.89. The van der Waals surface area contributed by atoms with Gasteiger partial charge in [-0.3, -0.25) is 4.79 Å². The van der Waals surface area contributed by atoms with Gasteiger partial charge in [-0.25, -0.2) is 4.79 Å². The number of ether oxygens (including phenoxy) is 1. The number of carbonyl (C=O) groups excluding carboxylic acids is 2. The van der Waals surface area contributed by atoms with Gasteiger partial charge in [0.25, 0.3) is 0 Å². The van der Waals surface area contributed by atoms with E-state index in [-0.39, 0.29) is 11.7 Å². The second-order valence-electron chi connectivity index (χ2n) is 6.18. The van der Waals surface area contributed by atoms with Crippen LogP contribution in [0.2, 0.25) is 0 Å². The molecule has 1 aliphatic rings. The second-order valence-corrected chi connectivity index (χ2v) is 6.18. The third kappa shape index (κ3) is 4.01. The molecule has 1 saturated heterocycles. The monoisotopic (exact) mass is 305 g/mol. The molecule has 0 radical (unpaired) electrons. The summed E-state index contributed by atoms with van der Waals surface area (Å²) in [5.41, 5.74) is 0.151. The van der Waals surface area contributed by atoms with Crippen LogP contribution in [0.3, 0.4) is 0 Å². The number of nitrogens with one attached hydrogen (secondary N) is 1. The van der Waals surface area contributed by atoms with E-state index in [9.17, 15) is 9.59 Å². The Morgan fingerprint density at radius 1 is 1.59 bits per heavy atom. The van der Waals surface area contributed by atoms with Crippen LogP contribution in [0.5, 0.6) is 0 Å². The number of likely N-dealkylation sites (tertiary alicyclic amines) is 1. The van der Waals surface area contributed by atoms with Crippen molar-refractivity contribution in [2.24, 2.45) is 0 Å². The largest absolute Gasteiger partial charge is 0.454 e. The number of hydrogen-bond acceptors (Lipinski definition) is 5. The highest BCUT2D eigenvalue weighted by Gasteiger charge is 2.34. The first-order chi connectivity index (χ1) is 10.3. The molecule has 1 aromatic rings. The van der Waals surface area contributed by atoms with Gasteiger partial charge < -0.3 is 19.4 Å². The van der Waals surface area contributed by atoms with Gasteiger partial charge in [0.2, 0.25) is 11.7 Å². The number of rotatable bonds is 3. The first-order valence-electron chi connectivity index (χ1n) is 7.04. The summed E-state index contributed by atoms with van der Waals surface area (Å²) >= 11 is 0. The molecule has 7 nitrogen and oxygen atoms in total. The molecule has 1 unspecified atom stereocenters. The average molecular weight is 305 g/mol. The van der Waals surface area contributed by atoms with Crippen LogP contribution >= 0.6 is 0 Å². The number of furan rings is 1. The molecule has 0 bridgehead atoms.